The van der Waals surface area contributed by atoms with Crippen molar-refractivity contribution >= 4 is 34.3 Å². The number of carbonyl (C=O) groups is 1. The van der Waals surface area contributed by atoms with E-state index in [9.17, 15) is 9.59 Å². The Hall–Kier alpha value is -3.78. The lowest BCUT2D eigenvalue weighted by atomic mass is 10.1. The van der Waals surface area contributed by atoms with Gasteiger partial charge in [0.2, 0.25) is 5.91 Å². The van der Waals surface area contributed by atoms with E-state index in [-0.39, 0.29) is 17.2 Å². The van der Waals surface area contributed by atoms with Gasteiger partial charge in [-0.25, -0.2) is 4.98 Å². The third-order valence-electron chi connectivity index (χ3n) is 5.58. The summed E-state index contributed by atoms with van der Waals surface area (Å²) in [5.41, 5.74) is 3.76. The average molecular weight is 476 g/mol. The standard InChI is InChI=1S/C26H25N3O4S/c1-16-8-7-11-22(17(16)2)29-25(31)19-9-5-6-10-20(19)28-26(29)34-15-24(30)27-21-13-12-18(32-3)14-23(21)33-4/h5-14H,15H2,1-4H3,(H,27,30). The molecule has 0 bridgehead atoms. The summed E-state index contributed by atoms with van der Waals surface area (Å²) in [6.45, 7) is 3.98. The SMILES string of the molecule is COc1ccc(NC(=O)CSc2nc3ccccc3c(=O)n2-c2cccc(C)c2C)c(OC)c1. The number of methoxy groups -OCH3 is 2. The van der Waals surface area contributed by atoms with Crippen molar-refractivity contribution < 1.29 is 14.3 Å². The van der Waals surface area contributed by atoms with Gasteiger partial charge in [0.1, 0.15) is 11.5 Å². The lowest BCUT2D eigenvalue weighted by Crippen LogP contribution is -2.23. The minimum absolute atomic E-state index is 0.0603. The van der Waals surface area contributed by atoms with E-state index in [1.807, 2.05) is 44.2 Å². The van der Waals surface area contributed by atoms with Crippen LogP contribution in [0.4, 0.5) is 5.69 Å². The van der Waals surface area contributed by atoms with Crippen LogP contribution in [0.15, 0.2) is 70.6 Å². The molecule has 0 aliphatic rings. The maximum Gasteiger partial charge on any atom is 0.266 e. The Morgan fingerprint density at radius 3 is 2.59 bits per heavy atom. The molecule has 3 aromatic carbocycles. The number of hydrogen-bond donors (Lipinski definition) is 1. The molecule has 1 N–H and O–H groups in total. The summed E-state index contributed by atoms with van der Waals surface area (Å²) >= 11 is 1.21. The molecule has 8 heteroatoms. The highest BCUT2D eigenvalue weighted by Gasteiger charge is 2.17. The number of rotatable bonds is 7. The number of nitrogens with zero attached hydrogens (tertiary/aromatic N) is 2. The minimum Gasteiger partial charge on any atom is -0.497 e. The van der Waals surface area contributed by atoms with Crippen molar-refractivity contribution in [2.24, 2.45) is 0 Å². The monoisotopic (exact) mass is 475 g/mol. The summed E-state index contributed by atoms with van der Waals surface area (Å²) in [6.07, 6.45) is 0. The van der Waals surface area contributed by atoms with Crippen LogP contribution in [0.2, 0.25) is 0 Å². The third kappa shape index (κ3) is 4.63. The third-order valence-corrected chi connectivity index (χ3v) is 6.52. The second kappa shape index (κ2) is 10.0. The van der Waals surface area contributed by atoms with Crippen LogP contribution >= 0.6 is 11.8 Å². The number of amides is 1. The Bertz CT molecular complexity index is 1430. The van der Waals surface area contributed by atoms with Crippen LogP contribution < -0.4 is 20.3 Å². The van der Waals surface area contributed by atoms with E-state index in [0.29, 0.717) is 33.2 Å². The topological polar surface area (TPSA) is 82.5 Å². The van der Waals surface area contributed by atoms with Gasteiger partial charge >= 0.3 is 0 Å². The van der Waals surface area contributed by atoms with Crippen LogP contribution in [-0.4, -0.2) is 35.4 Å². The number of benzene rings is 3. The Kier molecular flexibility index (Phi) is 6.88. The molecule has 0 fully saturated rings. The summed E-state index contributed by atoms with van der Waals surface area (Å²) in [5.74, 6) is 0.935. The van der Waals surface area contributed by atoms with Crippen LogP contribution in [0.25, 0.3) is 16.6 Å². The fourth-order valence-corrected chi connectivity index (χ4v) is 4.42. The molecular weight excluding hydrogens is 450 g/mol. The number of nitrogens with one attached hydrogen (secondary N) is 1. The molecule has 174 valence electrons. The van der Waals surface area contributed by atoms with Crippen molar-refractivity contribution in [3.05, 3.63) is 82.1 Å². The summed E-state index contributed by atoms with van der Waals surface area (Å²) in [6, 6.07) is 18.2. The van der Waals surface area contributed by atoms with E-state index in [2.05, 4.69) is 5.32 Å². The van der Waals surface area contributed by atoms with E-state index in [1.165, 1.54) is 18.9 Å². The molecule has 7 nitrogen and oxygen atoms in total. The van der Waals surface area contributed by atoms with Gasteiger partial charge in [-0.1, -0.05) is 36.0 Å². The second-order valence-electron chi connectivity index (χ2n) is 7.67. The number of fused-ring (bicyclic) bond motifs is 1. The number of ether oxygens (including phenoxy) is 2. The Morgan fingerprint density at radius 2 is 1.82 bits per heavy atom. The lowest BCUT2D eigenvalue weighted by Gasteiger charge is -2.16. The molecule has 0 radical (unpaired) electrons. The Balaban J connectivity index is 1.67. The molecule has 1 heterocycles. The van der Waals surface area contributed by atoms with Crippen LogP contribution in [0.3, 0.4) is 0 Å². The van der Waals surface area contributed by atoms with Crippen molar-refractivity contribution in [2.75, 3.05) is 25.3 Å². The number of aryl methyl sites for hydroxylation is 1. The van der Waals surface area contributed by atoms with Gasteiger partial charge in [0.15, 0.2) is 5.16 Å². The first-order chi connectivity index (χ1) is 16.4. The quantitative estimate of drug-likeness (QED) is 0.307. The molecule has 4 rings (SSSR count). The molecule has 0 spiro atoms. The summed E-state index contributed by atoms with van der Waals surface area (Å²) in [5, 5.41) is 3.84. The summed E-state index contributed by atoms with van der Waals surface area (Å²) in [4.78, 5) is 31.0. The van der Waals surface area contributed by atoms with Gasteiger partial charge in [-0.3, -0.25) is 14.2 Å². The maximum atomic E-state index is 13.5. The van der Waals surface area contributed by atoms with Gasteiger partial charge in [0.05, 0.1) is 42.3 Å². The second-order valence-corrected chi connectivity index (χ2v) is 8.62. The molecule has 0 saturated carbocycles. The van der Waals surface area contributed by atoms with Gasteiger partial charge < -0.3 is 14.8 Å². The predicted molar refractivity (Wildman–Crippen MR) is 136 cm³/mol. The molecule has 34 heavy (non-hydrogen) atoms. The first-order valence-electron chi connectivity index (χ1n) is 10.7. The van der Waals surface area contributed by atoms with Crippen molar-refractivity contribution in [1.82, 2.24) is 9.55 Å². The van der Waals surface area contributed by atoms with Crippen LogP contribution in [0, 0.1) is 13.8 Å². The molecule has 1 aromatic heterocycles. The zero-order valence-electron chi connectivity index (χ0n) is 19.4. The highest BCUT2D eigenvalue weighted by atomic mass is 32.2. The van der Waals surface area contributed by atoms with Gasteiger partial charge in [0.25, 0.3) is 5.56 Å². The van der Waals surface area contributed by atoms with E-state index in [1.54, 1.807) is 42.0 Å². The van der Waals surface area contributed by atoms with Crippen molar-refractivity contribution in [1.29, 1.82) is 0 Å². The zero-order valence-corrected chi connectivity index (χ0v) is 20.2. The first-order valence-corrected chi connectivity index (χ1v) is 11.6. The van der Waals surface area contributed by atoms with Gasteiger partial charge in [-0.15, -0.1) is 0 Å². The predicted octanol–water partition coefficient (Wildman–Crippen LogP) is 4.75. The van der Waals surface area contributed by atoms with Crippen LogP contribution in [0.5, 0.6) is 11.5 Å². The largest absolute Gasteiger partial charge is 0.497 e. The van der Waals surface area contributed by atoms with E-state index in [0.717, 1.165) is 16.8 Å². The fourth-order valence-electron chi connectivity index (χ4n) is 3.62. The first kappa shape index (κ1) is 23.4. The molecule has 0 aliphatic carbocycles. The normalized spacial score (nSPS) is 10.8. The molecule has 0 aliphatic heterocycles. The van der Waals surface area contributed by atoms with E-state index >= 15 is 0 Å². The van der Waals surface area contributed by atoms with Crippen molar-refractivity contribution in [3.63, 3.8) is 0 Å². The average Bonchev–Trinajstić information content (AvgIpc) is 2.85. The lowest BCUT2D eigenvalue weighted by molar-refractivity contribution is -0.113. The van der Waals surface area contributed by atoms with Gasteiger partial charge in [-0.2, -0.15) is 0 Å². The molecule has 0 saturated heterocycles. The number of hydrogen-bond acceptors (Lipinski definition) is 6. The molecule has 4 aromatic rings. The highest BCUT2D eigenvalue weighted by Crippen LogP contribution is 2.30. The Labute approximate surface area is 201 Å². The number of anilines is 1. The van der Waals surface area contributed by atoms with E-state index < -0.39 is 0 Å². The smallest absolute Gasteiger partial charge is 0.266 e. The van der Waals surface area contributed by atoms with Gasteiger partial charge in [0, 0.05) is 6.07 Å². The number of para-hydroxylation sites is 1. The van der Waals surface area contributed by atoms with Gasteiger partial charge in [-0.05, 0) is 55.3 Å². The highest BCUT2D eigenvalue weighted by molar-refractivity contribution is 7.99. The summed E-state index contributed by atoms with van der Waals surface area (Å²) in [7, 11) is 3.09. The van der Waals surface area contributed by atoms with E-state index in [4.69, 9.17) is 14.5 Å². The van der Waals surface area contributed by atoms with Crippen LogP contribution in [0.1, 0.15) is 11.1 Å². The number of aromatic nitrogens is 2. The summed E-state index contributed by atoms with van der Waals surface area (Å²) < 4.78 is 12.2. The maximum absolute atomic E-state index is 13.5. The molecule has 0 atom stereocenters. The van der Waals surface area contributed by atoms with Crippen molar-refractivity contribution in [3.8, 4) is 17.2 Å². The van der Waals surface area contributed by atoms with Crippen molar-refractivity contribution in [2.45, 2.75) is 19.0 Å². The Morgan fingerprint density at radius 1 is 1.03 bits per heavy atom. The fraction of sp³-hybridized carbons (Fsp3) is 0.192. The number of carbonyl (C=O) groups excluding carboxylic acids is 1. The molecule has 0 unspecified atom stereocenters. The minimum atomic E-state index is -0.247. The zero-order chi connectivity index (χ0) is 24.2. The number of thioether (sulfide) groups is 1. The molecular formula is C26H25N3O4S. The van der Waals surface area contributed by atoms with Crippen LogP contribution in [-0.2, 0) is 4.79 Å². The molecule has 1 amide bonds.